The van der Waals surface area contributed by atoms with E-state index in [1.54, 1.807) is 0 Å². The Morgan fingerprint density at radius 3 is 2.55 bits per heavy atom. The van der Waals surface area contributed by atoms with Gasteiger partial charge in [0.15, 0.2) is 0 Å². The van der Waals surface area contributed by atoms with Gasteiger partial charge in [-0.15, -0.1) is 0 Å². The van der Waals surface area contributed by atoms with Crippen LogP contribution in [-0.4, -0.2) is 36.1 Å². The molecule has 110 valence electrons. The molecule has 3 rings (SSSR count). The molecule has 1 aliphatic carbocycles. The lowest BCUT2D eigenvalue weighted by Crippen LogP contribution is -2.40. The van der Waals surface area contributed by atoms with Crippen molar-refractivity contribution in [3.8, 4) is 0 Å². The first kappa shape index (κ1) is 14.1. The van der Waals surface area contributed by atoms with Crippen LogP contribution in [0.3, 0.4) is 0 Å². The van der Waals surface area contributed by atoms with E-state index in [1.165, 1.54) is 31.4 Å². The fraction of sp³-hybridized carbons (Fsp3) is 0.667. The summed E-state index contributed by atoms with van der Waals surface area (Å²) in [5.74, 6) is 0. The predicted octanol–water partition coefficient (Wildman–Crippen LogP) is 3.18. The summed E-state index contributed by atoms with van der Waals surface area (Å²) in [6, 6.07) is 13.2. The van der Waals surface area contributed by atoms with Crippen LogP contribution < -0.4 is 5.32 Å². The predicted molar refractivity (Wildman–Crippen MR) is 85.1 cm³/mol. The first-order valence-electron chi connectivity index (χ1n) is 8.11. The minimum absolute atomic E-state index is 0.206. The summed E-state index contributed by atoms with van der Waals surface area (Å²) in [7, 11) is 0. The maximum absolute atomic E-state index is 3.82. The zero-order chi connectivity index (χ0) is 14.2. The van der Waals surface area contributed by atoms with E-state index in [2.05, 4.69) is 61.3 Å². The molecule has 1 aliphatic heterocycles. The standard InChI is InChI=1S/C18H28N2/c1-14-11-16(12-20(14)17-9-10-17)19-13-18(2,3)15-7-5-4-6-8-15/h4-8,14,16-17,19H,9-13H2,1-3H3. The van der Waals surface area contributed by atoms with Gasteiger partial charge in [-0.1, -0.05) is 44.2 Å². The minimum Gasteiger partial charge on any atom is -0.312 e. The normalized spacial score (nSPS) is 27.9. The number of rotatable bonds is 5. The van der Waals surface area contributed by atoms with E-state index in [-0.39, 0.29) is 5.41 Å². The van der Waals surface area contributed by atoms with E-state index in [4.69, 9.17) is 0 Å². The molecule has 0 radical (unpaired) electrons. The van der Waals surface area contributed by atoms with E-state index < -0.39 is 0 Å². The fourth-order valence-electron chi connectivity index (χ4n) is 3.51. The highest BCUT2D eigenvalue weighted by atomic mass is 15.3. The van der Waals surface area contributed by atoms with E-state index >= 15 is 0 Å². The van der Waals surface area contributed by atoms with Gasteiger partial charge in [-0.2, -0.15) is 0 Å². The molecule has 1 saturated carbocycles. The number of nitrogens with zero attached hydrogens (tertiary/aromatic N) is 1. The van der Waals surface area contributed by atoms with Crippen molar-refractivity contribution in [2.24, 2.45) is 0 Å². The molecule has 20 heavy (non-hydrogen) atoms. The second-order valence-corrected chi connectivity index (χ2v) is 7.34. The first-order valence-corrected chi connectivity index (χ1v) is 8.11. The molecule has 2 nitrogen and oxygen atoms in total. The van der Waals surface area contributed by atoms with Crippen molar-refractivity contribution in [2.75, 3.05) is 13.1 Å². The van der Waals surface area contributed by atoms with Crippen molar-refractivity contribution in [2.45, 2.75) is 63.6 Å². The van der Waals surface area contributed by atoms with Crippen molar-refractivity contribution in [1.82, 2.24) is 10.2 Å². The van der Waals surface area contributed by atoms with E-state index in [0.29, 0.717) is 6.04 Å². The van der Waals surface area contributed by atoms with Gasteiger partial charge in [-0.3, -0.25) is 4.90 Å². The van der Waals surface area contributed by atoms with Crippen LogP contribution in [-0.2, 0) is 5.41 Å². The Balaban J connectivity index is 1.54. The van der Waals surface area contributed by atoms with Crippen LogP contribution in [0.25, 0.3) is 0 Å². The molecule has 2 unspecified atom stereocenters. The molecule has 2 heteroatoms. The summed E-state index contributed by atoms with van der Waals surface area (Å²) in [4.78, 5) is 2.72. The van der Waals surface area contributed by atoms with Crippen LogP contribution in [0.5, 0.6) is 0 Å². The SMILES string of the molecule is CC1CC(NCC(C)(C)c2ccccc2)CN1C1CC1. The highest BCUT2D eigenvalue weighted by Gasteiger charge is 2.38. The Labute approximate surface area is 123 Å². The highest BCUT2D eigenvalue weighted by Crippen LogP contribution is 2.33. The number of nitrogens with one attached hydrogen (secondary N) is 1. The molecule has 1 saturated heterocycles. The van der Waals surface area contributed by atoms with Crippen LogP contribution in [0, 0.1) is 0 Å². The van der Waals surface area contributed by atoms with Crippen molar-refractivity contribution in [1.29, 1.82) is 0 Å². The van der Waals surface area contributed by atoms with Crippen molar-refractivity contribution in [3.63, 3.8) is 0 Å². The zero-order valence-corrected chi connectivity index (χ0v) is 13.1. The van der Waals surface area contributed by atoms with Gasteiger partial charge in [-0.25, -0.2) is 0 Å². The summed E-state index contributed by atoms with van der Waals surface area (Å²) in [6.45, 7) is 9.38. The lowest BCUT2D eigenvalue weighted by molar-refractivity contribution is 0.254. The third-order valence-corrected chi connectivity index (χ3v) is 5.03. The van der Waals surface area contributed by atoms with Crippen molar-refractivity contribution in [3.05, 3.63) is 35.9 Å². The van der Waals surface area contributed by atoms with Crippen LogP contribution in [0.1, 0.15) is 45.6 Å². The third-order valence-electron chi connectivity index (χ3n) is 5.03. The van der Waals surface area contributed by atoms with E-state index in [0.717, 1.165) is 18.6 Å². The van der Waals surface area contributed by atoms with E-state index in [1.807, 2.05) is 0 Å². The Hall–Kier alpha value is -0.860. The van der Waals surface area contributed by atoms with Gasteiger partial charge in [-0.05, 0) is 31.7 Å². The van der Waals surface area contributed by atoms with Gasteiger partial charge >= 0.3 is 0 Å². The summed E-state index contributed by atoms with van der Waals surface area (Å²) in [5, 5.41) is 3.82. The highest BCUT2D eigenvalue weighted by molar-refractivity contribution is 5.24. The molecular formula is C18H28N2. The summed E-state index contributed by atoms with van der Waals surface area (Å²) in [5.41, 5.74) is 1.63. The Kier molecular flexibility index (Phi) is 3.87. The maximum Gasteiger partial charge on any atom is 0.0210 e. The smallest absolute Gasteiger partial charge is 0.0210 e. The van der Waals surface area contributed by atoms with Gasteiger partial charge in [0.05, 0.1) is 0 Å². The van der Waals surface area contributed by atoms with E-state index in [9.17, 15) is 0 Å². The number of hydrogen-bond donors (Lipinski definition) is 1. The zero-order valence-electron chi connectivity index (χ0n) is 13.1. The quantitative estimate of drug-likeness (QED) is 0.885. The molecule has 1 heterocycles. The Morgan fingerprint density at radius 1 is 1.20 bits per heavy atom. The van der Waals surface area contributed by atoms with Crippen molar-refractivity contribution >= 4 is 0 Å². The van der Waals surface area contributed by atoms with Gasteiger partial charge in [0.1, 0.15) is 0 Å². The summed E-state index contributed by atoms with van der Waals surface area (Å²) in [6.07, 6.45) is 4.15. The average Bonchev–Trinajstić information content (AvgIpc) is 3.21. The maximum atomic E-state index is 3.82. The molecule has 2 aliphatic rings. The number of benzene rings is 1. The molecule has 0 spiro atoms. The van der Waals surface area contributed by atoms with Gasteiger partial charge in [0, 0.05) is 36.6 Å². The lowest BCUT2D eigenvalue weighted by Gasteiger charge is -2.28. The second kappa shape index (κ2) is 5.50. The Morgan fingerprint density at radius 2 is 1.90 bits per heavy atom. The fourth-order valence-corrected chi connectivity index (χ4v) is 3.51. The second-order valence-electron chi connectivity index (χ2n) is 7.34. The topological polar surface area (TPSA) is 15.3 Å². The molecule has 1 N–H and O–H groups in total. The summed E-state index contributed by atoms with van der Waals surface area (Å²) >= 11 is 0. The average molecular weight is 272 g/mol. The molecule has 2 fully saturated rings. The molecule has 0 amide bonds. The minimum atomic E-state index is 0.206. The van der Waals surface area contributed by atoms with Gasteiger partial charge < -0.3 is 5.32 Å². The Bertz CT molecular complexity index is 436. The third kappa shape index (κ3) is 3.07. The summed E-state index contributed by atoms with van der Waals surface area (Å²) < 4.78 is 0. The number of hydrogen-bond acceptors (Lipinski definition) is 2. The lowest BCUT2D eigenvalue weighted by atomic mass is 9.84. The molecule has 2 atom stereocenters. The molecule has 0 bridgehead atoms. The van der Waals surface area contributed by atoms with Crippen LogP contribution in [0.2, 0.25) is 0 Å². The largest absolute Gasteiger partial charge is 0.312 e. The van der Waals surface area contributed by atoms with Crippen LogP contribution in [0.4, 0.5) is 0 Å². The van der Waals surface area contributed by atoms with Crippen LogP contribution >= 0.6 is 0 Å². The molecule has 0 aromatic heterocycles. The molecular weight excluding hydrogens is 244 g/mol. The van der Waals surface area contributed by atoms with Crippen LogP contribution in [0.15, 0.2) is 30.3 Å². The monoisotopic (exact) mass is 272 g/mol. The first-order chi connectivity index (χ1) is 9.56. The number of likely N-dealkylation sites (tertiary alicyclic amines) is 1. The molecule has 1 aromatic rings. The van der Waals surface area contributed by atoms with Gasteiger partial charge in [0.25, 0.3) is 0 Å². The van der Waals surface area contributed by atoms with Crippen molar-refractivity contribution < 1.29 is 0 Å². The van der Waals surface area contributed by atoms with Gasteiger partial charge in [0.2, 0.25) is 0 Å². The molecule has 1 aromatic carbocycles.